The molecule has 0 saturated carbocycles. The number of aryl methyl sites for hydroxylation is 1. The Balaban J connectivity index is 2.12. The maximum Gasteiger partial charge on any atom is 0.253 e. The minimum atomic E-state index is 0.194. The largest absolute Gasteiger partial charge is 0.339 e. The van der Waals surface area contributed by atoms with E-state index in [1.807, 2.05) is 23.1 Å². The summed E-state index contributed by atoms with van der Waals surface area (Å²) in [7, 11) is 0. The predicted molar refractivity (Wildman–Crippen MR) is 61.0 cm³/mol. The van der Waals surface area contributed by atoms with Crippen LogP contribution in [-0.2, 0) is 6.42 Å². The molecule has 0 aromatic heterocycles. The van der Waals surface area contributed by atoms with Crippen molar-refractivity contribution < 1.29 is 4.79 Å². The van der Waals surface area contributed by atoms with E-state index in [0.29, 0.717) is 0 Å². The number of hydrogen-bond acceptors (Lipinski definition) is 1. The molecule has 0 N–H and O–H groups in total. The van der Waals surface area contributed by atoms with E-state index in [1.54, 1.807) is 0 Å². The molecule has 1 heterocycles. The van der Waals surface area contributed by atoms with Crippen LogP contribution in [0.25, 0.3) is 0 Å². The first-order chi connectivity index (χ1) is 7.31. The first-order valence-electron chi connectivity index (χ1n) is 5.69. The van der Waals surface area contributed by atoms with Gasteiger partial charge in [-0.2, -0.15) is 0 Å². The van der Waals surface area contributed by atoms with Gasteiger partial charge >= 0.3 is 0 Å². The van der Waals surface area contributed by atoms with Gasteiger partial charge in [0.15, 0.2) is 0 Å². The molecule has 80 valence electrons. The quantitative estimate of drug-likeness (QED) is 0.739. The van der Waals surface area contributed by atoms with Gasteiger partial charge in [0.25, 0.3) is 5.91 Å². The van der Waals surface area contributed by atoms with Crippen molar-refractivity contribution in [1.82, 2.24) is 4.90 Å². The molecule has 0 aliphatic carbocycles. The van der Waals surface area contributed by atoms with Crippen molar-refractivity contribution in [2.24, 2.45) is 0 Å². The summed E-state index contributed by atoms with van der Waals surface area (Å²) in [4.78, 5) is 13.8. The van der Waals surface area contributed by atoms with E-state index in [2.05, 4.69) is 13.0 Å². The standard InChI is InChI=1S/C13H17NO/c1-2-5-11-6-3-7-12(10-11)13(15)14-8-4-9-14/h3,6-7,10H,2,4-5,8-9H2,1H3. The maximum atomic E-state index is 11.9. The minimum absolute atomic E-state index is 0.194. The van der Waals surface area contributed by atoms with Crippen LogP contribution in [0.2, 0.25) is 0 Å². The van der Waals surface area contributed by atoms with Gasteiger partial charge in [-0.15, -0.1) is 0 Å². The smallest absolute Gasteiger partial charge is 0.253 e. The van der Waals surface area contributed by atoms with Crippen LogP contribution in [0.1, 0.15) is 35.7 Å². The number of benzene rings is 1. The molecule has 1 fully saturated rings. The summed E-state index contributed by atoms with van der Waals surface area (Å²) in [5, 5.41) is 0. The van der Waals surface area contributed by atoms with E-state index >= 15 is 0 Å². The Kier molecular flexibility index (Phi) is 3.05. The second kappa shape index (κ2) is 4.47. The van der Waals surface area contributed by atoms with Crippen molar-refractivity contribution in [2.45, 2.75) is 26.2 Å². The van der Waals surface area contributed by atoms with E-state index in [0.717, 1.165) is 37.9 Å². The van der Waals surface area contributed by atoms with Crippen LogP contribution in [0.5, 0.6) is 0 Å². The summed E-state index contributed by atoms with van der Waals surface area (Å²) in [6.07, 6.45) is 3.34. The molecule has 1 saturated heterocycles. The SMILES string of the molecule is CCCc1cccc(C(=O)N2CCC2)c1. The third kappa shape index (κ3) is 2.20. The van der Waals surface area contributed by atoms with Crippen LogP contribution < -0.4 is 0 Å². The number of rotatable bonds is 3. The van der Waals surface area contributed by atoms with Gasteiger partial charge in [0.2, 0.25) is 0 Å². The van der Waals surface area contributed by atoms with Crippen molar-refractivity contribution in [1.29, 1.82) is 0 Å². The van der Waals surface area contributed by atoms with Gasteiger partial charge in [-0.1, -0.05) is 25.5 Å². The van der Waals surface area contributed by atoms with Crippen LogP contribution in [-0.4, -0.2) is 23.9 Å². The lowest BCUT2D eigenvalue weighted by Crippen LogP contribution is -2.42. The average molecular weight is 203 g/mol. The Morgan fingerprint density at radius 1 is 1.40 bits per heavy atom. The number of amides is 1. The van der Waals surface area contributed by atoms with E-state index < -0.39 is 0 Å². The minimum Gasteiger partial charge on any atom is -0.339 e. The van der Waals surface area contributed by atoms with Gasteiger partial charge in [-0.3, -0.25) is 4.79 Å². The van der Waals surface area contributed by atoms with E-state index in [1.165, 1.54) is 5.56 Å². The lowest BCUT2D eigenvalue weighted by atomic mass is 10.0. The first kappa shape index (κ1) is 10.2. The normalized spacial score (nSPS) is 14.9. The topological polar surface area (TPSA) is 20.3 Å². The molecule has 1 aromatic rings. The monoisotopic (exact) mass is 203 g/mol. The molecule has 1 aliphatic rings. The van der Waals surface area contributed by atoms with Gasteiger partial charge in [0, 0.05) is 18.7 Å². The summed E-state index contributed by atoms with van der Waals surface area (Å²) in [5.41, 5.74) is 2.12. The Hall–Kier alpha value is -1.31. The molecule has 0 radical (unpaired) electrons. The average Bonchev–Trinajstić information content (AvgIpc) is 2.16. The van der Waals surface area contributed by atoms with Crippen molar-refractivity contribution >= 4 is 5.91 Å². The Morgan fingerprint density at radius 3 is 2.80 bits per heavy atom. The molecule has 0 atom stereocenters. The number of hydrogen-bond donors (Lipinski definition) is 0. The predicted octanol–water partition coefficient (Wildman–Crippen LogP) is 2.49. The zero-order valence-corrected chi connectivity index (χ0v) is 9.20. The number of nitrogens with zero attached hydrogens (tertiary/aromatic N) is 1. The van der Waals surface area contributed by atoms with Crippen LogP contribution in [0.15, 0.2) is 24.3 Å². The van der Waals surface area contributed by atoms with Gasteiger partial charge in [0.1, 0.15) is 0 Å². The van der Waals surface area contributed by atoms with E-state index in [4.69, 9.17) is 0 Å². The lowest BCUT2D eigenvalue weighted by molar-refractivity contribution is 0.0651. The fourth-order valence-electron chi connectivity index (χ4n) is 1.85. The summed E-state index contributed by atoms with van der Waals surface area (Å²) < 4.78 is 0. The van der Waals surface area contributed by atoms with Gasteiger partial charge < -0.3 is 4.90 Å². The lowest BCUT2D eigenvalue weighted by Gasteiger charge is -2.31. The molecular weight excluding hydrogens is 186 g/mol. The van der Waals surface area contributed by atoms with E-state index in [-0.39, 0.29) is 5.91 Å². The number of likely N-dealkylation sites (tertiary alicyclic amines) is 1. The zero-order chi connectivity index (χ0) is 10.7. The summed E-state index contributed by atoms with van der Waals surface area (Å²) in [6.45, 7) is 4.01. The molecule has 2 nitrogen and oxygen atoms in total. The highest BCUT2D eigenvalue weighted by Crippen LogP contribution is 2.14. The molecule has 1 aliphatic heterocycles. The third-order valence-electron chi connectivity index (χ3n) is 2.86. The van der Waals surface area contributed by atoms with Crippen molar-refractivity contribution in [3.05, 3.63) is 35.4 Å². The zero-order valence-electron chi connectivity index (χ0n) is 9.20. The van der Waals surface area contributed by atoms with Gasteiger partial charge in [-0.05, 0) is 30.5 Å². The summed E-state index contributed by atoms with van der Waals surface area (Å²) in [6, 6.07) is 8.03. The van der Waals surface area contributed by atoms with Crippen LogP contribution in [0.3, 0.4) is 0 Å². The summed E-state index contributed by atoms with van der Waals surface area (Å²) >= 11 is 0. The molecular formula is C13H17NO. The fourth-order valence-corrected chi connectivity index (χ4v) is 1.85. The van der Waals surface area contributed by atoms with Crippen molar-refractivity contribution in [3.8, 4) is 0 Å². The second-order valence-corrected chi connectivity index (χ2v) is 4.10. The molecule has 2 heteroatoms. The molecule has 1 aromatic carbocycles. The molecule has 15 heavy (non-hydrogen) atoms. The fraction of sp³-hybridized carbons (Fsp3) is 0.462. The molecule has 0 spiro atoms. The molecule has 1 amide bonds. The number of carbonyl (C=O) groups is 1. The third-order valence-corrected chi connectivity index (χ3v) is 2.86. The number of carbonyl (C=O) groups excluding carboxylic acids is 1. The Morgan fingerprint density at radius 2 is 2.20 bits per heavy atom. The van der Waals surface area contributed by atoms with Crippen LogP contribution >= 0.6 is 0 Å². The summed E-state index contributed by atoms with van der Waals surface area (Å²) in [5.74, 6) is 0.194. The Labute approximate surface area is 90.9 Å². The highest BCUT2D eigenvalue weighted by molar-refractivity contribution is 5.94. The molecule has 0 unspecified atom stereocenters. The molecule has 2 rings (SSSR count). The highest BCUT2D eigenvalue weighted by Gasteiger charge is 2.21. The molecule has 0 bridgehead atoms. The maximum absolute atomic E-state index is 11.9. The second-order valence-electron chi connectivity index (χ2n) is 4.10. The van der Waals surface area contributed by atoms with Crippen molar-refractivity contribution in [2.75, 3.05) is 13.1 Å². The van der Waals surface area contributed by atoms with Crippen LogP contribution in [0.4, 0.5) is 0 Å². The first-order valence-corrected chi connectivity index (χ1v) is 5.69. The Bertz CT molecular complexity index is 355. The van der Waals surface area contributed by atoms with Gasteiger partial charge in [-0.25, -0.2) is 0 Å². The van der Waals surface area contributed by atoms with Crippen molar-refractivity contribution in [3.63, 3.8) is 0 Å². The van der Waals surface area contributed by atoms with E-state index in [9.17, 15) is 4.79 Å². The van der Waals surface area contributed by atoms with Crippen LogP contribution in [0, 0.1) is 0 Å². The highest BCUT2D eigenvalue weighted by atomic mass is 16.2. The van der Waals surface area contributed by atoms with Gasteiger partial charge in [0.05, 0.1) is 0 Å².